The normalized spacial score (nSPS) is 11.6. The third kappa shape index (κ3) is 8.50. The van der Waals surface area contributed by atoms with Crippen LogP contribution in [0.1, 0.15) is 52.9 Å². The molecule has 0 heterocycles. The molecule has 0 aliphatic carbocycles. The molecule has 6 heteroatoms. The molecule has 1 unspecified atom stereocenters. The Morgan fingerprint density at radius 2 is 1.60 bits per heavy atom. The van der Waals surface area contributed by atoms with E-state index < -0.39 is 6.04 Å². The summed E-state index contributed by atoms with van der Waals surface area (Å²) in [6.45, 7) is 6.83. The summed E-state index contributed by atoms with van der Waals surface area (Å²) < 4.78 is 0. The van der Waals surface area contributed by atoms with Crippen LogP contribution in [0.5, 0.6) is 0 Å². The van der Waals surface area contributed by atoms with E-state index in [0.29, 0.717) is 25.9 Å². The van der Waals surface area contributed by atoms with Gasteiger partial charge in [0.15, 0.2) is 0 Å². The molecule has 0 fully saturated rings. The smallest absolute Gasteiger partial charge is 0.242 e. The topological polar surface area (TPSA) is 87.3 Å². The Hall–Kier alpha value is -1.59. The summed E-state index contributed by atoms with van der Waals surface area (Å²) in [5, 5.41) is 8.11. The molecular formula is C14H27N3O3. The Bertz CT molecular complexity index is 319. The van der Waals surface area contributed by atoms with Gasteiger partial charge in [-0.1, -0.05) is 13.8 Å². The first kappa shape index (κ1) is 18.4. The summed E-state index contributed by atoms with van der Waals surface area (Å²) >= 11 is 0. The zero-order valence-electron chi connectivity index (χ0n) is 12.8. The van der Waals surface area contributed by atoms with Crippen LogP contribution in [0.15, 0.2) is 0 Å². The fourth-order valence-electron chi connectivity index (χ4n) is 1.69. The van der Waals surface area contributed by atoms with E-state index in [4.69, 9.17) is 0 Å². The molecule has 0 spiro atoms. The number of carbonyl (C=O) groups excluding carboxylic acids is 3. The van der Waals surface area contributed by atoms with Crippen LogP contribution in [0.2, 0.25) is 0 Å². The summed E-state index contributed by atoms with van der Waals surface area (Å²) in [6, 6.07) is -0.638. The lowest BCUT2D eigenvalue weighted by atomic mass is 10.1. The van der Waals surface area contributed by atoms with Gasteiger partial charge in [0.05, 0.1) is 0 Å². The highest BCUT2D eigenvalue weighted by atomic mass is 16.2. The first-order valence-electron chi connectivity index (χ1n) is 7.38. The largest absolute Gasteiger partial charge is 0.356 e. The van der Waals surface area contributed by atoms with Crippen molar-refractivity contribution in [3.8, 4) is 0 Å². The lowest BCUT2D eigenvalue weighted by Gasteiger charge is -2.17. The van der Waals surface area contributed by atoms with E-state index in [1.54, 1.807) is 0 Å². The number of carbonyl (C=O) groups is 3. The molecule has 3 amide bonds. The second-order valence-electron chi connectivity index (χ2n) is 4.65. The molecule has 0 aliphatic heterocycles. The zero-order valence-corrected chi connectivity index (χ0v) is 12.8. The molecule has 0 aliphatic rings. The highest BCUT2D eigenvalue weighted by Crippen LogP contribution is 2.00. The van der Waals surface area contributed by atoms with Crippen molar-refractivity contribution < 1.29 is 14.4 Å². The summed E-state index contributed by atoms with van der Waals surface area (Å²) in [6.07, 6.45) is 2.53. The maximum Gasteiger partial charge on any atom is 0.242 e. The van der Waals surface area contributed by atoms with Crippen molar-refractivity contribution in [3.05, 3.63) is 0 Å². The van der Waals surface area contributed by atoms with Crippen LogP contribution >= 0.6 is 0 Å². The molecule has 0 saturated heterocycles. The molecular weight excluding hydrogens is 258 g/mol. The maximum atomic E-state index is 11.9. The zero-order chi connectivity index (χ0) is 15.4. The molecule has 0 radical (unpaired) electrons. The number of nitrogens with one attached hydrogen (secondary N) is 3. The van der Waals surface area contributed by atoms with Gasteiger partial charge in [0.1, 0.15) is 6.04 Å². The van der Waals surface area contributed by atoms with Crippen LogP contribution in [0.3, 0.4) is 0 Å². The van der Waals surface area contributed by atoms with Gasteiger partial charge in [-0.2, -0.15) is 0 Å². The van der Waals surface area contributed by atoms with Crippen LogP contribution in [0.25, 0.3) is 0 Å². The van der Waals surface area contributed by atoms with Crippen molar-refractivity contribution in [2.24, 2.45) is 0 Å². The van der Waals surface area contributed by atoms with Crippen molar-refractivity contribution in [3.63, 3.8) is 0 Å². The minimum Gasteiger partial charge on any atom is -0.356 e. The van der Waals surface area contributed by atoms with Gasteiger partial charge in [-0.15, -0.1) is 0 Å². The van der Waals surface area contributed by atoms with Gasteiger partial charge in [-0.25, -0.2) is 0 Å². The van der Waals surface area contributed by atoms with Gasteiger partial charge in [-0.05, 0) is 26.2 Å². The van der Waals surface area contributed by atoms with E-state index in [1.807, 2.05) is 20.8 Å². The van der Waals surface area contributed by atoms with Crippen LogP contribution in [0, 0.1) is 0 Å². The monoisotopic (exact) mass is 285 g/mol. The molecule has 6 nitrogen and oxygen atoms in total. The van der Waals surface area contributed by atoms with Gasteiger partial charge in [0.2, 0.25) is 17.7 Å². The second-order valence-corrected chi connectivity index (χ2v) is 4.65. The van der Waals surface area contributed by atoms with Gasteiger partial charge in [-0.3, -0.25) is 14.4 Å². The molecule has 3 N–H and O–H groups in total. The summed E-state index contributed by atoms with van der Waals surface area (Å²) in [4.78, 5) is 35.0. The Morgan fingerprint density at radius 1 is 0.900 bits per heavy atom. The quantitative estimate of drug-likeness (QED) is 0.552. The van der Waals surface area contributed by atoms with Crippen LogP contribution in [0.4, 0.5) is 0 Å². The fraction of sp³-hybridized carbons (Fsp3) is 0.786. The van der Waals surface area contributed by atoms with Gasteiger partial charge in [0.25, 0.3) is 0 Å². The molecule has 20 heavy (non-hydrogen) atoms. The van der Waals surface area contributed by atoms with Crippen molar-refractivity contribution >= 4 is 17.7 Å². The molecule has 0 aromatic carbocycles. The van der Waals surface area contributed by atoms with E-state index in [2.05, 4.69) is 16.0 Å². The van der Waals surface area contributed by atoms with Crippen molar-refractivity contribution in [1.29, 1.82) is 0 Å². The molecule has 1 atom stereocenters. The number of likely N-dealkylation sites (N-methyl/N-ethyl adjacent to an activating group) is 1. The number of hydrogen-bond donors (Lipinski definition) is 3. The SMILES string of the molecule is CCCNC(=O)CCC(NC(=O)CCC)C(=O)NCC. The Balaban J connectivity index is 4.34. The maximum absolute atomic E-state index is 11.9. The standard InChI is InChI=1S/C14H27N3O3/c1-4-7-13(19)17-11(14(20)15-6-3)8-9-12(18)16-10-5-2/h11H,4-10H2,1-3H3,(H,15,20)(H,16,18)(H,17,19). The number of hydrogen-bond acceptors (Lipinski definition) is 3. The minimum absolute atomic E-state index is 0.0918. The molecule has 0 saturated carbocycles. The summed E-state index contributed by atoms with van der Waals surface area (Å²) in [5.74, 6) is -0.483. The molecule has 116 valence electrons. The lowest BCUT2D eigenvalue weighted by molar-refractivity contribution is -0.129. The third-order valence-electron chi connectivity index (χ3n) is 2.71. The Morgan fingerprint density at radius 3 is 2.15 bits per heavy atom. The highest BCUT2D eigenvalue weighted by Gasteiger charge is 2.20. The number of amides is 3. The average molecular weight is 285 g/mol. The lowest BCUT2D eigenvalue weighted by Crippen LogP contribution is -2.47. The number of rotatable bonds is 10. The first-order valence-corrected chi connectivity index (χ1v) is 7.38. The molecule has 0 aromatic rings. The Kier molecular flexibility index (Phi) is 10.4. The second kappa shape index (κ2) is 11.3. The van der Waals surface area contributed by atoms with Crippen LogP contribution in [-0.2, 0) is 14.4 Å². The van der Waals surface area contributed by atoms with Crippen molar-refractivity contribution in [2.75, 3.05) is 13.1 Å². The highest BCUT2D eigenvalue weighted by molar-refractivity contribution is 5.88. The average Bonchev–Trinajstić information content (AvgIpc) is 2.41. The van der Waals surface area contributed by atoms with Crippen molar-refractivity contribution in [1.82, 2.24) is 16.0 Å². The van der Waals surface area contributed by atoms with Gasteiger partial charge < -0.3 is 16.0 Å². The minimum atomic E-state index is -0.638. The van der Waals surface area contributed by atoms with E-state index in [-0.39, 0.29) is 24.1 Å². The molecule has 0 aromatic heterocycles. The van der Waals surface area contributed by atoms with Gasteiger partial charge in [0, 0.05) is 25.9 Å². The van der Waals surface area contributed by atoms with Gasteiger partial charge >= 0.3 is 0 Å². The van der Waals surface area contributed by atoms with E-state index >= 15 is 0 Å². The van der Waals surface area contributed by atoms with E-state index in [9.17, 15) is 14.4 Å². The van der Waals surface area contributed by atoms with Crippen LogP contribution < -0.4 is 16.0 Å². The fourth-order valence-corrected chi connectivity index (χ4v) is 1.69. The summed E-state index contributed by atoms with van der Waals surface area (Å²) in [7, 11) is 0. The van der Waals surface area contributed by atoms with E-state index in [1.165, 1.54) is 0 Å². The molecule has 0 rings (SSSR count). The predicted octanol–water partition coefficient (Wildman–Crippen LogP) is 0.714. The predicted molar refractivity (Wildman–Crippen MR) is 78.1 cm³/mol. The molecule has 0 bridgehead atoms. The third-order valence-corrected chi connectivity index (χ3v) is 2.71. The van der Waals surface area contributed by atoms with E-state index in [0.717, 1.165) is 12.8 Å². The van der Waals surface area contributed by atoms with Crippen LogP contribution in [-0.4, -0.2) is 36.9 Å². The Labute approximate surface area is 121 Å². The van der Waals surface area contributed by atoms with Crippen molar-refractivity contribution in [2.45, 2.75) is 58.9 Å². The summed E-state index contributed by atoms with van der Waals surface area (Å²) in [5.41, 5.74) is 0. The first-order chi connectivity index (χ1) is 9.54.